The fraction of sp³-hybridized carbons (Fsp3) is 0.370. The van der Waals surface area contributed by atoms with Crippen LogP contribution in [0.1, 0.15) is 35.2 Å². The molecule has 4 heterocycles. The van der Waals surface area contributed by atoms with Crippen LogP contribution in [-0.2, 0) is 0 Å². The van der Waals surface area contributed by atoms with E-state index in [1.807, 2.05) is 13.1 Å². The summed E-state index contributed by atoms with van der Waals surface area (Å²) in [4.78, 5) is 27.6. The molecule has 3 aromatic heterocycles. The predicted octanol–water partition coefficient (Wildman–Crippen LogP) is 4.09. The fourth-order valence-corrected chi connectivity index (χ4v) is 4.82. The summed E-state index contributed by atoms with van der Waals surface area (Å²) in [6.07, 6.45) is 9.29. The highest BCUT2D eigenvalue weighted by molar-refractivity contribution is 6.31. The number of rotatable bonds is 10. The topological polar surface area (TPSA) is 130 Å². The highest BCUT2D eigenvalue weighted by atomic mass is 35.5. The third-order valence-electron chi connectivity index (χ3n) is 6.94. The smallest absolute Gasteiger partial charge is 0.258 e. The zero-order valence-corrected chi connectivity index (χ0v) is 22.7. The van der Waals surface area contributed by atoms with Crippen LogP contribution in [0.2, 0.25) is 5.02 Å². The summed E-state index contributed by atoms with van der Waals surface area (Å²) in [5.74, 6) is 0.685. The molecule has 210 valence electrons. The molecule has 0 atom stereocenters. The summed E-state index contributed by atoms with van der Waals surface area (Å²) in [5, 5.41) is 19.2. The van der Waals surface area contributed by atoms with Gasteiger partial charge in [-0.25, -0.2) is 23.9 Å². The quantitative estimate of drug-likeness (QED) is 0.242. The van der Waals surface area contributed by atoms with Crippen LogP contribution in [-0.4, -0.2) is 73.3 Å². The number of aliphatic hydroxyl groups is 1. The number of hydrogen-bond donors (Lipinski definition) is 3. The molecule has 0 spiro atoms. The average molecular weight is 569 g/mol. The second kappa shape index (κ2) is 12.5. The fourth-order valence-electron chi connectivity index (χ4n) is 4.64. The maximum atomic E-state index is 13.4. The highest BCUT2D eigenvalue weighted by Crippen LogP contribution is 2.30. The van der Waals surface area contributed by atoms with Gasteiger partial charge in [0.05, 0.1) is 35.9 Å². The molecule has 5 rings (SSSR count). The van der Waals surface area contributed by atoms with E-state index in [-0.39, 0.29) is 23.1 Å². The van der Waals surface area contributed by atoms with Gasteiger partial charge >= 0.3 is 0 Å². The van der Waals surface area contributed by atoms with E-state index in [1.54, 1.807) is 4.52 Å². The molecule has 40 heavy (non-hydrogen) atoms. The number of aryl methyl sites for hydroxylation is 1. The van der Waals surface area contributed by atoms with Crippen molar-refractivity contribution in [3.8, 4) is 5.75 Å². The zero-order valence-electron chi connectivity index (χ0n) is 22.0. The lowest BCUT2D eigenvalue weighted by atomic mass is 9.98. The summed E-state index contributed by atoms with van der Waals surface area (Å²) in [6, 6.07) is 3.69. The lowest BCUT2D eigenvalue weighted by Gasteiger charge is -2.30. The molecule has 1 saturated heterocycles. The zero-order chi connectivity index (χ0) is 28.1. The van der Waals surface area contributed by atoms with E-state index in [0.717, 1.165) is 61.8 Å². The van der Waals surface area contributed by atoms with Crippen LogP contribution in [0.4, 0.5) is 21.8 Å². The van der Waals surface area contributed by atoms with Gasteiger partial charge in [0.1, 0.15) is 23.4 Å². The SMILES string of the molecule is Cc1c(OCCCN2CCC(CO)CC2)cn2ncnc(Nc3cnc(NC(=O)c4ccc(F)c(Cl)c4)nc3)c12. The predicted molar refractivity (Wildman–Crippen MR) is 149 cm³/mol. The van der Waals surface area contributed by atoms with E-state index in [9.17, 15) is 14.3 Å². The molecule has 0 unspecified atom stereocenters. The highest BCUT2D eigenvalue weighted by Gasteiger charge is 2.19. The summed E-state index contributed by atoms with van der Waals surface area (Å²) >= 11 is 5.76. The second-order valence-electron chi connectivity index (χ2n) is 9.69. The molecule has 0 saturated carbocycles. The molecule has 1 aliphatic rings. The van der Waals surface area contributed by atoms with Crippen LogP contribution in [0.15, 0.2) is 43.1 Å². The molecule has 4 aromatic rings. The molecule has 0 bridgehead atoms. The first-order valence-electron chi connectivity index (χ1n) is 13.1. The normalized spacial score (nSPS) is 14.4. The van der Waals surface area contributed by atoms with Crippen molar-refractivity contribution in [3.63, 3.8) is 0 Å². The number of nitrogens with one attached hydrogen (secondary N) is 2. The maximum absolute atomic E-state index is 13.4. The van der Waals surface area contributed by atoms with Gasteiger partial charge in [-0.3, -0.25) is 10.1 Å². The molecule has 1 aromatic carbocycles. The van der Waals surface area contributed by atoms with Crippen molar-refractivity contribution >= 4 is 40.5 Å². The number of ether oxygens (including phenoxy) is 1. The van der Waals surface area contributed by atoms with Gasteiger partial charge in [-0.1, -0.05) is 11.6 Å². The first-order valence-corrected chi connectivity index (χ1v) is 13.4. The number of aliphatic hydroxyl groups excluding tert-OH is 1. The maximum Gasteiger partial charge on any atom is 0.258 e. The molecule has 1 aliphatic heterocycles. The number of carbonyl (C=O) groups excluding carboxylic acids is 1. The van der Waals surface area contributed by atoms with Crippen LogP contribution < -0.4 is 15.4 Å². The number of fused-ring (bicyclic) bond motifs is 1. The largest absolute Gasteiger partial charge is 0.492 e. The van der Waals surface area contributed by atoms with Gasteiger partial charge in [0.25, 0.3) is 5.91 Å². The van der Waals surface area contributed by atoms with E-state index in [2.05, 4.69) is 35.6 Å². The van der Waals surface area contributed by atoms with Crippen molar-refractivity contribution < 1.29 is 19.0 Å². The first kappa shape index (κ1) is 27.7. The third kappa shape index (κ3) is 6.46. The van der Waals surface area contributed by atoms with Crippen LogP contribution in [0, 0.1) is 18.7 Å². The minimum atomic E-state index is -0.605. The van der Waals surface area contributed by atoms with Crippen molar-refractivity contribution in [2.24, 2.45) is 5.92 Å². The molecule has 3 N–H and O–H groups in total. The Hall–Kier alpha value is -3.87. The Morgan fingerprint density at radius 2 is 2.00 bits per heavy atom. The molecular weight excluding hydrogens is 539 g/mol. The summed E-state index contributed by atoms with van der Waals surface area (Å²) in [5.41, 5.74) is 2.39. The standard InChI is InChI=1S/C27H30ClFN8O3/c1-17-23(40-10-2-7-36-8-5-18(15-38)6-9-36)14-37-24(17)25(32-16-33-37)34-20-12-30-27(31-13-20)35-26(39)19-3-4-22(29)21(28)11-19/h3-4,11-14,16,18,38H,2,5-10,15H2,1H3,(H,32,33,34)(H,30,31,35,39). The summed E-state index contributed by atoms with van der Waals surface area (Å²) in [7, 11) is 0. The van der Waals surface area contributed by atoms with Crippen molar-refractivity contribution in [2.75, 3.05) is 43.5 Å². The van der Waals surface area contributed by atoms with Crippen LogP contribution in [0.3, 0.4) is 0 Å². The molecule has 1 amide bonds. The van der Waals surface area contributed by atoms with Crippen LogP contribution in [0.5, 0.6) is 5.75 Å². The Balaban J connectivity index is 1.18. The Kier molecular flexibility index (Phi) is 8.68. The van der Waals surface area contributed by atoms with Gasteiger partial charge in [0.15, 0.2) is 5.82 Å². The molecular formula is C27H30ClFN8O3. The minimum Gasteiger partial charge on any atom is -0.492 e. The van der Waals surface area contributed by atoms with Crippen molar-refractivity contribution in [2.45, 2.75) is 26.2 Å². The minimum absolute atomic E-state index is 0.0798. The Morgan fingerprint density at radius 3 is 2.73 bits per heavy atom. The summed E-state index contributed by atoms with van der Waals surface area (Å²) in [6.45, 7) is 5.82. The van der Waals surface area contributed by atoms with Crippen LogP contribution in [0.25, 0.3) is 5.52 Å². The number of aromatic nitrogens is 5. The molecule has 13 heteroatoms. The summed E-state index contributed by atoms with van der Waals surface area (Å²) < 4.78 is 21.2. The number of amides is 1. The Morgan fingerprint density at radius 1 is 1.23 bits per heavy atom. The molecule has 0 aliphatic carbocycles. The number of anilines is 3. The van der Waals surface area contributed by atoms with Gasteiger partial charge in [-0.15, -0.1) is 0 Å². The van der Waals surface area contributed by atoms with Crippen molar-refractivity contribution in [3.05, 3.63) is 65.1 Å². The molecule has 1 fully saturated rings. The van der Waals surface area contributed by atoms with Crippen molar-refractivity contribution in [1.29, 1.82) is 0 Å². The number of carbonyl (C=O) groups is 1. The van der Waals surface area contributed by atoms with Gasteiger partial charge in [-0.05, 0) is 63.4 Å². The number of nitrogens with zero attached hydrogens (tertiary/aromatic N) is 6. The molecule has 0 radical (unpaired) electrons. The lowest BCUT2D eigenvalue weighted by molar-refractivity contribution is 0.102. The monoisotopic (exact) mass is 568 g/mol. The van der Waals surface area contributed by atoms with Gasteiger partial charge in [0.2, 0.25) is 5.95 Å². The van der Waals surface area contributed by atoms with Gasteiger partial charge in [-0.2, -0.15) is 5.10 Å². The van der Waals surface area contributed by atoms with Gasteiger partial charge < -0.3 is 20.1 Å². The number of likely N-dealkylation sites (tertiary alicyclic amines) is 1. The first-order chi connectivity index (χ1) is 19.4. The van der Waals surface area contributed by atoms with Crippen LogP contribution >= 0.6 is 11.6 Å². The number of piperidine rings is 1. The number of halogens is 2. The van der Waals surface area contributed by atoms with E-state index in [4.69, 9.17) is 16.3 Å². The van der Waals surface area contributed by atoms with E-state index < -0.39 is 11.7 Å². The van der Waals surface area contributed by atoms with E-state index in [0.29, 0.717) is 24.0 Å². The Bertz CT molecular complexity index is 1470. The second-order valence-corrected chi connectivity index (χ2v) is 10.1. The van der Waals surface area contributed by atoms with Crippen molar-refractivity contribution in [1.82, 2.24) is 29.5 Å². The third-order valence-corrected chi connectivity index (χ3v) is 7.23. The Labute approximate surface area is 235 Å². The molecule has 11 nitrogen and oxygen atoms in total. The van der Waals surface area contributed by atoms with Gasteiger partial charge in [0, 0.05) is 24.3 Å². The average Bonchev–Trinajstić information content (AvgIpc) is 3.29. The van der Waals surface area contributed by atoms with E-state index in [1.165, 1.54) is 30.9 Å². The number of benzene rings is 1. The number of hydrogen-bond acceptors (Lipinski definition) is 9. The lowest BCUT2D eigenvalue weighted by Crippen LogP contribution is -2.35. The van der Waals surface area contributed by atoms with E-state index >= 15 is 0 Å².